The number of nitrogens with two attached hydrogens (primary N) is 1. The number of likely N-dealkylation sites (N-methyl/N-ethyl adjacent to an activating group) is 1. The maximum absolute atomic E-state index is 6.16. The summed E-state index contributed by atoms with van der Waals surface area (Å²) in [6.45, 7) is 9.89. The number of nitrogens with zero attached hydrogens (tertiary/aromatic N) is 1. The molecule has 92 valence electrons. The predicted octanol–water partition coefficient (Wildman–Crippen LogP) is 3.26. The predicted molar refractivity (Wildman–Crippen MR) is 72.8 cm³/mol. The lowest BCUT2D eigenvalue weighted by atomic mass is 10.00. The quantitative estimate of drug-likeness (QED) is 0.827. The highest BCUT2D eigenvalue weighted by atomic mass is 32.1. The van der Waals surface area contributed by atoms with Crippen molar-refractivity contribution >= 4 is 11.3 Å². The van der Waals surface area contributed by atoms with Crippen molar-refractivity contribution in [1.82, 2.24) is 4.90 Å². The van der Waals surface area contributed by atoms with E-state index in [9.17, 15) is 0 Å². The number of hydrogen-bond acceptors (Lipinski definition) is 3. The Morgan fingerprint density at radius 3 is 2.44 bits per heavy atom. The number of hydrogen-bond donors (Lipinski definition) is 1. The minimum absolute atomic E-state index is 0.170. The molecule has 0 spiro atoms. The minimum atomic E-state index is 0.170. The van der Waals surface area contributed by atoms with Crippen LogP contribution in [0.4, 0.5) is 0 Å². The number of thiophene rings is 1. The molecule has 3 heteroatoms. The molecule has 1 aromatic rings. The highest BCUT2D eigenvalue weighted by Crippen LogP contribution is 2.27. The van der Waals surface area contributed by atoms with Crippen molar-refractivity contribution < 1.29 is 0 Å². The molecule has 2 N–H and O–H groups in total. The molecule has 1 rings (SSSR count). The summed E-state index contributed by atoms with van der Waals surface area (Å²) in [5.41, 5.74) is 7.52. The third-order valence-corrected chi connectivity index (χ3v) is 3.96. The van der Waals surface area contributed by atoms with E-state index in [4.69, 9.17) is 5.73 Å². The Balaban J connectivity index is 2.92. The zero-order valence-electron chi connectivity index (χ0n) is 10.8. The first kappa shape index (κ1) is 13.7. The van der Waals surface area contributed by atoms with Gasteiger partial charge in [-0.05, 0) is 49.2 Å². The first-order valence-electron chi connectivity index (χ1n) is 6.15. The standard InChI is InChI=1S/C13H24N2S/c1-5-10(3)15(6-2)13(11(4)14)12-7-8-16-9-12/h7-11,13H,5-6,14H2,1-4H3. The van der Waals surface area contributed by atoms with Crippen LogP contribution in [0.5, 0.6) is 0 Å². The lowest BCUT2D eigenvalue weighted by Gasteiger charge is -2.37. The largest absolute Gasteiger partial charge is 0.326 e. The second-order valence-electron chi connectivity index (χ2n) is 4.45. The van der Waals surface area contributed by atoms with Crippen molar-refractivity contribution in [2.45, 2.75) is 52.2 Å². The molecule has 0 amide bonds. The SMILES string of the molecule is CCC(C)N(CC)C(c1ccsc1)C(C)N. The van der Waals surface area contributed by atoms with E-state index in [0.29, 0.717) is 12.1 Å². The lowest BCUT2D eigenvalue weighted by Crippen LogP contribution is -2.43. The maximum atomic E-state index is 6.16. The molecule has 1 heterocycles. The van der Waals surface area contributed by atoms with Gasteiger partial charge in [0, 0.05) is 12.1 Å². The second kappa shape index (κ2) is 6.38. The Morgan fingerprint density at radius 2 is 2.06 bits per heavy atom. The van der Waals surface area contributed by atoms with Crippen LogP contribution in [0, 0.1) is 0 Å². The maximum Gasteiger partial charge on any atom is 0.0507 e. The fourth-order valence-corrected chi connectivity index (χ4v) is 2.95. The van der Waals surface area contributed by atoms with Gasteiger partial charge < -0.3 is 5.73 Å². The normalized spacial score (nSPS) is 17.4. The van der Waals surface area contributed by atoms with E-state index in [1.165, 1.54) is 12.0 Å². The Bertz CT molecular complexity index is 282. The third kappa shape index (κ3) is 3.06. The highest BCUT2D eigenvalue weighted by Gasteiger charge is 2.26. The van der Waals surface area contributed by atoms with Crippen LogP contribution in [-0.2, 0) is 0 Å². The van der Waals surface area contributed by atoms with Gasteiger partial charge in [0.25, 0.3) is 0 Å². The molecule has 0 saturated heterocycles. The van der Waals surface area contributed by atoms with Gasteiger partial charge in [0.2, 0.25) is 0 Å². The van der Waals surface area contributed by atoms with Crippen LogP contribution in [-0.4, -0.2) is 23.5 Å². The van der Waals surface area contributed by atoms with E-state index in [-0.39, 0.29) is 6.04 Å². The molecule has 0 bridgehead atoms. The Kier molecular flexibility index (Phi) is 5.46. The van der Waals surface area contributed by atoms with Gasteiger partial charge in [0.1, 0.15) is 0 Å². The second-order valence-corrected chi connectivity index (χ2v) is 5.23. The highest BCUT2D eigenvalue weighted by molar-refractivity contribution is 7.07. The summed E-state index contributed by atoms with van der Waals surface area (Å²) in [5.74, 6) is 0. The summed E-state index contributed by atoms with van der Waals surface area (Å²) in [7, 11) is 0. The molecular weight excluding hydrogens is 216 g/mol. The van der Waals surface area contributed by atoms with E-state index < -0.39 is 0 Å². The van der Waals surface area contributed by atoms with Crippen molar-refractivity contribution in [2.24, 2.45) is 5.73 Å². The van der Waals surface area contributed by atoms with Gasteiger partial charge in [0.15, 0.2) is 0 Å². The Hall–Kier alpha value is -0.380. The van der Waals surface area contributed by atoms with Crippen LogP contribution in [0.15, 0.2) is 16.8 Å². The lowest BCUT2D eigenvalue weighted by molar-refractivity contribution is 0.131. The van der Waals surface area contributed by atoms with Crippen LogP contribution in [0.1, 0.15) is 45.7 Å². The first-order chi connectivity index (χ1) is 7.61. The van der Waals surface area contributed by atoms with Crippen LogP contribution in [0.2, 0.25) is 0 Å². The molecule has 0 aromatic carbocycles. The van der Waals surface area contributed by atoms with Crippen LogP contribution in [0.25, 0.3) is 0 Å². The molecule has 2 nitrogen and oxygen atoms in total. The third-order valence-electron chi connectivity index (χ3n) is 3.26. The summed E-state index contributed by atoms with van der Waals surface area (Å²) in [6, 6.07) is 3.31. The minimum Gasteiger partial charge on any atom is -0.326 e. The van der Waals surface area contributed by atoms with E-state index in [1.54, 1.807) is 11.3 Å². The zero-order chi connectivity index (χ0) is 12.1. The van der Waals surface area contributed by atoms with E-state index in [1.807, 2.05) is 0 Å². The molecule has 0 saturated carbocycles. The van der Waals surface area contributed by atoms with Crippen molar-refractivity contribution in [2.75, 3.05) is 6.54 Å². The van der Waals surface area contributed by atoms with Crippen LogP contribution >= 0.6 is 11.3 Å². The van der Waals surface area contributed by atoms with Gasteiger partial charge in [0.05, 0.1) is 6.04 Å². The van der Waals surface area contributed by atoms with Gasteiger partial charge in [-0.25, -0.2) is 0 Å². The van der Waals surface area contributed by atoms with Gasteiger partial charge in [-0.2, -0.15) is 11.3 Å². The molecule has 0 fully saturated rings. The molecule has 3 atom stereocenters. The summed E-state index contributed by atoms with van der Waals surface area (Å²) < 4.78 is 0. The topological polar surface area (TPSA) is 29.3 Å². The molecule has 16 heavy (non-hydrogen) atoms. The molecule has 1 aromatic heterocycles. The first-order valence-corrected chi connectivity index (χ1v) is 7.09. The van der Waals surface area contributed by atoms with E-state index >= 15 is 0 Å². The smallest absolute Gasteiger partial charge is 0.0507 e. The zero-order valence-corrected chi connectivity index (χ0v) is 11.6. The number of rotatable bonds is 6. The van der Waals surface area contributed by atoms with Crippen molar-refractivity contribution in [3.8, 4) is 0 Å². The van der Waals surface area contributed by atoms with Crippen molar-refractivity contribution in [3.63, 3.8) is 0 Å². The fourth-order valence-electron chi connectivity index (χ4n) is 2.26. The molecular formula is C13H24N2S. The average molecular weight is 240 g/mol. The average Bonchev–Trinajstić information content (AvgIpc) is 2.77. The van der Waals surface area contributed by atoms with E-state index in [0.717, 1.165) is 6.54 Å². The van der Waals surface area contributed by atoms with Gasteiger partial charge >= 0.3 is 0 Å². The summed E-state index contributed by atoms with van der Waals surface area (Å²) in [6.07, 6.45) is 1.17. The molecule has 0 aliphatic carbocycles. The van der Waals surface area contributed by atoms with Gasteiger partial charge in [-0.1, -0.05) is 13.8 Å². The van der Waals surface area contributed by atoms with Crippen molar-refractivity contribution in [1.29, 1.82) is 0 Å². The van der Waals surface area contributed by atoms with Crippen LogP contribution < -0.4 is 5.73 Å². The van der Waals surface area contributed by atoms with Crippen molar-refractivity contribution in [3.05, 3.63) is 22.4 Å². The molecule has 0 aliphatic rings. The summed E-state index contributed by atoms with van der Waals surface area (Å²) in [5, 5.41) is 4.36. The Labute approximate surface area is 103 Å². The monoisotopic (exact) mass is 240 g/mol. The molecule has 0 aliphatic heterocycles. The summed E-state index contributed by atoms with van der Waals surface area (Å²) in [4.78, 5) is 2.51. The molecule has 3 unspecified atom stereocenters. The molecule has 0 radical (unpaired) electrons. The Morgan fingerprint density at radius 1 is 1.38 bits per heavy atom. The summed E-state index contributed by atoms with van der Waals surface area (Å²) >= 11 is 1.75. The van der Waals surface area contributed by atoms with Gasteiger partial charge in [-0.3, -0.25) is 4.90 Å². The van der Waals surface area contributed by atoms with Crippen LogP contribution in [0.3, 0.4) is 0 Å². The van der Waals surface area contributed by atoms with E-state index in [2.05, 4.69) is 49.4 Å². The fraction of sp³-hybridized carbons (Fsp3) is 0.692. The van der Waals surface area contributed by atoms with Gasteiger partial charge in [-0.15, -0.1) is 0 Å².